The molecule has 35 heavy (non-hydrogen) atoms. The first-order valence-electron chi connectivity index (χ1n) is 12.2. The minimum atomic E-state index is -0.643. The SMILES string of the molecule is CC[C@@H](C)NC(=O)[C@@H](Cc1ccccc1)N(Cc1cccc(OC)c1)C(=O)Cc1ccc(C)cc1. The topological polar surface area (TPSA) is 58.6 Å². The summed E-state index contributed by atoms with van der Waals surface area (Å²) in [5.41, 5.74) is 3.99. The number of benzene rings is 3. The van der Waals surface area contributed by atoms with Crippen molar-refractivity contribution in [2.24, 2.45) is 0 Å². The van der Waals surface area contributed by atoms with Gasteiger partial charge in [0.1, 0.15) is 11.8 Å². The zero-order valence-electron chi connectivity index (χ0n) is 21.2. The van der Waals surface area contributed by atoms with Gasteiger partial charge in [0, 0.05) is 19.0 Å². The van der Waals surface area contributed by atoms with Crippen molar-refractivity contribution in [3.05, 3.63) is 101 Å². The van der Waals surface area contributed by atoms with Crippen molar-refractivity contribution in [2.45, 2.75) is 58.7 Å². The van der Waals surface area contributed by atoms with Gasteiger partial charge in [0.2, 0.25) is 11.8 Å². The van der Waals surface area contributed by atoms with E-state index < -0.39 is 6.04 Å². The van der Waals surface area contributed by atoms with Gasteiger partial charge in [-0.1, -0.05) is 79.2 Å². The van der Waals surface area contributed by atoms with Crippen LogP contribution in [0, 0.1) is 6.92 Å². The lowest BCUT2D eigenvalue weighted by atomic mass is 10.0. The van der Waals surface area contributed by atoms with Crippen LogP contribution in [0.15, 0.2) is 78.9 Å². The molecule has 1 N–H and O–H groups in total. The van der Waals surface area contributed by atoms with Gasteiger partial charge < -0.3 is 15.0 Å². The molecule has 2 atom stereocenters. The summed E-state index contributed by atoms with van der Waals surface area (Å²) in [4.78, 5) is 29.0. The minimum absolute atomic E-state index is 0.0200. The first-order valence-corrected chi connectivity index (χ1v) is 12.2. The molecule has 0 saturated carbocycles. The summed E-state index contributed by atoms with van der Waals surface area (Å²) in [6.45, 7) is 6.36. The molecule has 0 fully saturated rings. The van der Waals surface area contributed by atoms with Crippen molar-refractivity contribution >= 4 is 11.8 Å². The fourth-order valence-electron chi connectivity index (χ4n) is 3.94. The summed E-state index contributed by atoms with van der Waals surface area (Å²) >= 11 is 0. The van der Waals surface area contributed by atoms with E-state index >= 15 is 0 Å². The molecule has 5 nitrogen and oxygen atoms in total. The van der Waals surface area contributed by atoms with Gasteiger partial charge in [0.15, 0.2) is 0 Å². The van der Waals surface area contributed by atoms with Crippen LogP contribution in [0.3, 0.4) is 0 Å². The van der Waals surface area contributed by atoms with Crippen molar-refractivity contribution in [2.75, 3.05) is 7.11 Å². The second kappa shape index (κ2) is 12.7. The minimum Gasteiger partial charge on any atom is -0.497 e. The maximum absolute atomic E-state index is 13.8. The number of aryl methyl sites for hydroxylation is 1. The quantitative estimate of drug-likeness (QED) is 0.422. The Morgan fingerprint density at radius 2 is 1.60 bits per heavy atom. The third kappa shape index (κ3) is 7.71. The fourth-order valence-corrected chi connectivity index (χ4v) is 3.94. The lowest BCUT2D eigenvalue weighted by Crippen LogP contribution is -2.52. The summed E-state index contributed by atoms with van der Waals surface area (Å²) in [7, 11) is 1.62. The van der Waals surface area contributed by atoms with Crippen molar-refractivity contribution in [3.63, 3.8) is 0 Å². The Balaban J connectivity index is 1.97. The maximum Gasteiger partial charge on any atom is 0.243 e. The predicted molar refractivity (Wildman–Crippen MR) is 140 cm³/mol. The highest BCUT2D eigenvalue weighted by Crippen LogP contribution is 2.20. The van der Waals surface area contributed by atoms with E-state index in [1.807, 2.05) is 99.6 Å². The number of carbonyl (C=O) groups excluding carboxylic acids is 2. The molecule has 0 heterocycles. The number of ether oxygens (including phenoxy) is 1. The molecule has 5 heteroatoms. The number of methoxy groups -OCH3 is 1. The van der Waals surface area contributed by atoms with E-state index in [1.54, 1.807) is 12.0 Å². The van der Waals surface area contributed by atoms with Crippen molar-refractivity contribution in [1.82, 2.24) is 10.2 Å². The van der Waals surface area contributed by atoms with Crippen LogP contribution in [0.25, 0.3) is 0 Å². The Kier molecular flexibility index (Phi) is 9.47. The van der Waals surface area contributed by atoms with E-state index in [9.17, 15) is 9.59 Å². The zero-order valence-corrected chi connectivity index (χ0v) is 21.2. The fraction of sp³-hybridized carbons (Fsp3) is 0.333. The average Bonchev–Trinajstić information content (AvgIpc) is 2.88. The zero-order chi connectivity index (χ0) is 25.2. The van der Waals surface area contributed by atoms with Crippen LogP contribution in [0.4, 0.5) is 0 Å². The molecule has 0 aromatic heterocycles. The molecular weight excluding hydrogens is 436 g/mol. The number of carbonyl (C=O) groups is 2. The van der Waals surface area contributed by atoms with E-state index in [0.717, 1.165) is 34.4 Å². The summed E-state index contributed by atoms with van der Waals surface area (Å²) in [5.74, 6) is 0.498. The number of rotatable bonds is 11. The number of nitrogens with zero attached hydrogens (tertiary/aromatic N) is 1. The molecule has 0 bridgehead atoms. The molecule has 0 aliphatic rings. The van der Waals surface area contributed by atoms with Gasteiger partial charge in [-0.3, -0.25) is 9.59 Å². The van der Waals surface area contributed by atoms with Crippen LogP contribution < -0.4 is 10.1 Å². The van der Waals surface area contributed by atoms with Crippen LogP contribution in [-0.2, 0) is 29.0 Å². The summed E-state index contributed by atoms with van der Waals surface area (Å²) < 4.78 is 5.39. The number of nitrogens with one attached hydrogen (secondary N) is 1. The van der Waals surface area contributed by atoms with Crippen LogP contribution in [0.1, 0.15) is 42.5 Å². The van der Waals surface area contributed by atoms with Crippen molar-refractivity contribution in [3.8, 4) is 5.75 Å². The molecule has 0 aliphatic heterocycles. The third-order valence-corrected chi connectivity index (χ3v) is 6.24. The monoisotopic (exact) mass is 472 g/mol. The Labute approximate surface area is 209 Å². The second-order valence-corrected chi connectivity index (χ2v) is 9.06. The van der Waals surface area contributed by atoms with Gasteiger partial charge in [0.05, 0.1) is 13.5 Å². The maximum atomic E-state index is 13.8. The summed E-state index contributed by atoms with van der Waals surface area (Å²) in [5, 5.41) is 3.11. The molecule has 3 rings (SSSR count). The van der Waals surface area contributed by atoms with Gasteiger partial charge in [-0.25, -0.2) is 0 Å². The van der Waals surface area contributed by atoms with E-state index in [0.29, 0.717) is 13.0 Å². The number of amides is 2. The van der Waals surface area contributed by atoms with Crippen LogP contribution in [0.2, 0.25) is 0 Å². The predicted octanol–water partition coefficient (Wildman–Crippen LogP) is 5.10. The highest BCUT2D eigenvalue weighted by molar-refractivity contribution is 5.89. The number of hydrogen-bond donors (Lipinski definition) is 1. The lowest BCUT2D eigenvalue weighted by molar-refractivity contribution is -0.141. The highest BCUT2D eigenvalue weighted by Gasteiger charge is 2.31. The average molecular weight is 473 g/mol. The van der Waals surface area contributed by atoms with E-state index in [2.05, 4.69) is 5.32 Å². The summed E-state index contributed by atoms with van der Waals surface area (Å²) in [6.07, 6.45) is 1.48. The first-order chi connectivity index (χ1) is 16.9. The van der Waals surface area contributed by atoms with Crippen molar-refractivity contribution < 1.29 is 14.3 Å². The van der Waals surface area contributed by atoms with Crippen LogP contribution >= 0.6 is 0 Å². The molecule has 2 amide bonds. The first kappa shape index (κ1) is 26.0. The molecule has 184 valence electrons. The molecule has 0 spiro atoms. The molecular formula is C30H36N2O3. The van der Waals surface area contributed by atoms with E-state index in [4.69, 9.17) is 4.74 Å². The van der Waals surface area contributed by atoms with Crippen molar-refractivity contribution in [1.29, 1.82) is 0 Å². The van der Waals surface area contributed by atoms with E-state index in [-0.39, 0.29) is 24.3 Å². The Hall–Kier alpha value is -3.60. The van der Waals surface area contributed by atoms with Crippen LogP contribution in [-0.4, -0.2) is 35.9 Å². The highest BCUT2D eigenvalue weighted by atomic mass is 16.5. The van der Waals surface area contributed by atoms with Gasteiger partial charge in [-0.05, 0) is 49.1 Å². The second-order valence-electron chi connectivity index (χ2n) is 9.06. The normalized spacial score (nSPS) is 12.5. The molecule has 3 aromatic carbocycles. The Morgan fingerprint density at radius 1 is 0.914 bits per heavy atom. The molecule has 0 radical (unpaired) electrons. The molecule has 0 aliphatic carbocycles. The lowest BCUT2D eigenvalue weighted by Gasteiger charge is -2.32. The Morgan fingerprint density at radius 3 is 2.26 bits per heavy atom. The smallest absolute Gasteiger partial charge is 0.243 e. The third-order valence-electron chi connectivity index (χ3n) is 6.24. The molecule has 3 aromatic rings. The van der Waals surface area contributed by atoms with Gasteiger partial charge in [0.25, 0.3) is 0 Å². The van der Waals surface area contributed by atoms with Gasteiger partial charge in [-0.2, -0.15) is 0 Å². The summed E-state index contributed by atoms with van der Waals surface area (Å²) in [6, 6.07) is 24.9. The van der Waals surface area contributed by atoms with E-state index in [1.165, 1.54) is 0 Å². The molecule has 0 saturated heterocycles. The standard InChI is InChI=1S/C30H36N2O3/c1-5-23(3)31-30(34)28(19-24-10-7-6-8-11-24)32(21-26-12-9-13-27(18-26)35-4)29(33)20-25-16-14-22(2)15-17-25/h6-18,23,28H,5,19-21H2,1-4H3,(H,31,34)/t23-,28-/m1/s1. The largest absolute Gasteiger partial charge is 0.497 e. The Bertz CT molecular complexity index is 1100. The molecule has 0 unspecified atom stereocenters. The van der Waals surface area contributed by atoms with Crippen LogP contribution in [0.5, 0.6) is 5.75 Å². The number of hydrogen-bond acceptors (Lipinski definition) is 3. The van der Waals surface area contributed by atoms with Gasteiger partial charge in [-0.15, -0.1) is 0 Å². The van der Waals surface area contributed by atoms with Gasteiger partial charge >= 0.3 is 0 Å².